The molecular weight excluding hydrogens is 258 g/mol. The van der Waals surface area contributed by atoms with E-state index in [1.165, 1.54) is 6.07 Å². The van der Waals surface area contributed by atoms with Gasteiger partial charge in [0, 0.05) is 24.6 Å². The standard InChI is InChI=1S/C15H19NO4/c1-9(8-17)10(2)16-7-11-3-4-13-12(5-11)6-14(20-13)15(18)19/h3-6,9-10,16-17H,7-8H2,1-2H3,(H,18,19). The van der Waals surface area contributed by atoms with Gasteiger partial charge in [0.25, 0.3) is 0 Å². The predicted octanol–water partition coefficient (Wildman–Crippen LogP) is 2.24. The van der Waals surface area contributed by atoms with E-state index in [0.29, 0.717) is 12.1 Å². The monoisotopic (exact) mass is 277 g/mol. The Labute approximate surface area is 117 Å². The Bertz CT molecular complexity index is 605. The van der Waals surface area contributed by atoms with E-state index >= 15 is 0 Å². The summed E-state index contributed by atoms with van der Waals surface area (Å²) in [6.45, 7) is 4.82. The van der Waals surface area contributed by atoms with Gasteiger partial charge in [-0.25, -0.2) is 4.79 Å². The molecular formula is C15H19NO4. The zero-order valence-electron chi connectivity index (χ0n) is 11.6. The van der Waals surface area contributed by atoms with E-state index in [1.54, 1.807) is 6.07 Å². The maximum absolute atomic E-state index is 10.8. The molecule has 3 N–H and O–H groups in total. The van der Waals surface area contributed by atoms with Gasteiger partial charge in [-0.15, -0.1) is 0 Å². The molecule has 5 nitrogen and oxygen atoms in total. The first kappa shape index (κ1) is 14.6. The number of aliphatic hydroxyl groups is 1. The summed E-state index contributed by atoms with van der Waals surface area (Å²) in [6, 6.07) is 7.32. The van der Waals surface area contributed by atoms with Gasteiger partial charge in [0.1, 0.15) is 5.58 Å². The van der Waals surface area contributed by atoms with Crippen molar-refractivity contribution in [3.63, 3.8) is 0 Å². The first-order valence-corrected chi connectivity index (χ1v) is 6.61. The molecule has 0 radical (unpaired) electrons. The van der Waals surface area contributed by atoms with Crippen molar-refractivity contribution in [3.8, 4) is 0 Å². The molecule has 2 rings (SSSR count). The van der Waals surface area contributed by atoms with Crippen LogP contribution in [0.3, 0.4) is 0 Å². The summed E-state index contributed by atoms with van der Waals surface area (Å²) in [5, 5.41) is 22.1. The molecule has 0 aliphatic carbocycles. The van der Waals surface area contributed by atoms with Gasteiger partial charge in [0.05, 0.1) is 0 Å². The number of fused-ring (bicyclic) bond motifs is 1. The topological polar surface area (TPSA) is 82.7 Å². The Hall–Kier alpha value is -1.85. The largest absolute Gasteiger partial charge is 0.475 e. The number of aromatic carboxylic acids is 1. The van der Waals surface area contributed by atoms with E-state index in [2.05, 4.69) is 5.32 Å². The summed E-state index contributed by atoms with van der Waals surface area (Å²) in [5.74, 6) is -0.926. The molecule has 2 unspecified atom stereocenters. The minimum atomic E-state index is -1.06. The van der Waals surface area contributed by atoms with Crippen LogP contribution in [-0.2, 0) is 6.54 Å². The van der Waals surface area contributed by atoms with Crippen molar-refractivity contribution in [2.45, 2.75) is 26.4 Å². The first-order valence-electron chi connectivity index (χ1n) is 6.61. The summed E-state index contributed by atoms with van der Waals surface area (Å²) in [5.41, 5.74) is 1.62. The minimum Gasteiger partial charge on any atom is -0.475 e. The van der Waals surface area contributed by atoms with Gasteiger partial charge in [-0.1, -0.05) is 13.0 Å². The van der Waals surface area contributed by atoms with Crippen LogP contribution in [0.1, 0.15) is 30.0 Å². The van der Waals surface area contributed by atoms with Crippen LogP contribution in [0.15, 0.2) is 28.7 Å². The van der Waals surface area contributed by atoms with Crippen LogP contribution >= 0.6 is 0 Å². The fraction of sp³-hybridized carbons (Fsp3) is 0.400. The van der Waals surface area contributed by atoms with Crippen molar-refractivity contribution in [3.05, 3.63) is 35.6 Å². The average Bonchev–Trinajstić information content (AvgIpc) is 2.87. The molecule has 5 heteroatoms. The van der Waals surface area contributed by atoms with E-state index in [0.717, 1.165) is 10.9 Å². The SMILES string of the molecule is CC(CO)C(C)NCc1ccc2oc(C(=O)O)cc2c1. The smallest absolute Gasteiger partial charge is 0.371 e. The number of hydrogen-bond donors (Lipinski definition) is 3. The average molecular weight is 277 g/mol. The van der Waals surface area contributed by atoms with Crippen LogP contribution in [0.5, 0.6) is 0 Å². The summed E-state index contributed by atoms with van der Waals surface area (Å²) >= 11 is 0. The summed E-state index contributed by atoms with van der Waals surface area (Å²) in [7, 11) is 0. The van der Waals surface area contributed by atoms with Crippen LogP contribution < -0.4 is 5.32 Å². The summed E-state index contributed by atoms with van der Waals surface area (Å²) < 4.78 is 5.21. The van der Waals surface area contributed by atoms with Gasteiger partial charge in [-0.3, -0.25) is 0 Å². The minimum absolute atomic E-state index is 0.0487. The molecule has 1 aromatic carbocycles. The molecule has 20 heavy (non-hydrogen) atoms. The predicted molar refractivity (Wildman–Crippen MR) is 75.7 cm³/mol. The van der Waals surface area contributed by atoms with Crippen LogP contribution in [0.4, 0.5) is 0 Å². The van der Waals surface area contributed by atoms with Crippen LogP contribution in [0, 0.1) is 5.92 Å². The number of aliphatic hydroxyl groups excluding tert-OH is 1. The molecule has 2 aromatic rings. The number of carbonyl (C=O) groups is 1. The number of rotatable bonds is 6. The van der Waals surface area contributed by atoms with Gasteiger partial charge in [-0.2, -0.15) is 0 Å². The molecule has 0 saturated heterocycles. The highest BCUT2D eigenvalue weighted by Gasteiger charge is 2.12. The third-order valence-corrected chi connectivity index (χ3v) is 3.56. The molecule has 0 amide bonds. The normalized spacial score (nSPS) is 14.3. The van der Waals surface area contributed by atoms with Crippen LogP contribution in [-0.4, -0.2) is 28.8 Å². The van der Waals surface area contributed by atoms with Gasteiger partial charge < -0.3 is 19.9 Å². The lowest BCUT2D eigenvalue weighted by Crippen LogP contribution is -2.33. The molecule has 0 saturated carbocycles. The van der Waals surface area contributed by atoms with E-state index < -0.39 is 5.97 Å². The number of furan rings is 1. The fourth-order valence-electron chi connectivity index (χ4n) is 1.95. The van der Waals surface area contributed by atoms with E-state index in [4.69, 9.17) is 14.6 Å². The van der Waals surface area contributed by atoms with Crippen molar-refractivity contribution in [2.24, 2.45) is 5.92 Å². The van der Waals surface area contributed by atoms with Crippen molar-refractivity contribution < 1.29 is 19.4 Å². The second kappa shape index (κ2) is 6.07. The molecule has 0 aliphatic rings. The zero-order valence-corrected chi connectivity index (χ0v) is 11.6. The third-order valence-electron chi connectivity index (χ3n) is 3.56. The Morgan fingerprint density at radius 1 is 1.35 bits per heavy atom. The molecule has 0 spiro atoms. The lowest BCUT2D eigenvalue weighted by molar-refractivity contribution is 0.0665. The highest BCUT2D eigenvalue weighted by atomic mass is 16.4. The first-order chi connectivity index (χ1) is 9.51. The quantitative estimate of drug-likeness (QED) is 0.754. The lowest BCUT2D eigenvalue weighted by Gasteiger charge is -2.19. The summed E-state index contributed by atoms with van der Waals surface area (Å²) in [4.78, 5) is 10.8. The second-order valence-corrected chi connectivity index (χ2v) is 5.12. The Morgan fingerprint density at radius 2 is 2.10 bits per heavy atom. The van der Waals surface area contributed by atoms with Gasteiger partial charge in [-0.05, 0) is 36.6 Å². The third kappa shape index (κ3) is 3.18. The number of benzene rings is 1. The summed E-state index contributed by atoms with van der Waals surface area (Å²) in [6.07, 6.45) is 0. The van der Waals surface area contributed by atoms with Crippen molar-refractivity contribution in [1.82, 2.24) is 5.32 Å². The van der Waals surface area contributed by atoms with Gasteiger partial charge in [0.2, 0.25) is 5.76 Å². The van der Waals surface area contributed by atoms with E-state index in [1.807, 2.05) is 26.0 Å². The molecule has 108 valence electrons. The molecule has 1 aromatic heterocycles. The van der Waals surface area contributed by atoms with Gasteiger partial charge in [0.15, 0.2) is 0 Å². The maximum Gasteiger partial charge on any atom is 0.371 e. The van der Waals surface area contributed by atoms with Gasteiger partial charge >= 0.3 is 5.97 Å². The second-order valence-electron chi connectivity index (χ2n) is 5.12. The Balaban J connectivity index is 2.09. The van der Waals surface area contributed by atoms with Crippen molar-refractivity contribution >= 4 is 16.9 Å². The molecule has 0 fully saturated rings. The molecule has 0 bridgehead atoms. The maximum atomic E-state index is 10.8. The molecule has 2 atom stereocenters. The number of carboxylic acids is 1. The van der Waals surface area contributed by atoms with Crippen molar-refractivity contribution in [2.75, 3.05) is 6.61 Å². The van der Waals surface area contributed by atoms with Crippen molar-refractivity contribution in [1.29, 1.82) is 0 Å². The van der Waals surface area contributed by atoms with E-state index in [9.17, 15) is 4.79 Å². The highest BCUT2D eigenvalue weighted by Crippen LogP contribution is 2.21. The fourth-order valence-corrected chi connectivity index (χ4v) is 1.95. The van der Waals surface area contributed by atoms with Crippen LogP contribution in [0.2, 0.25) is 0 Å². The van der Waals surface area contributed by atoms with E-state index in [-0.39, 0.29) is 24.3 Å². The highest BCUT2D eigenvalue weighted by molar-refractivity contribution is 5.91. The Kier molecular flexibility index (Phi) is 4.42. The number of carboxylic acid groups (broad SMARTS) is 1. The lowest BCUT2D eigenvalue weighted by atomic mass is 10.0. The number of hydrogen-bond acceptors (Lipinski definition) is 4. The Morgan fingerprint density at radius 3 is 2.75 bits per heavy atom. The molecule has 1 heterocycles. The molecule has 0 aliphatic heterocycles. The van der Waals surface area contributed by atoms with Crippen LogP contribution in [0.25, 0.3) is 11.0 Å². The number of nitrogens with one attached hydrogen (secondary N) is 1. The zero-order chi connectivity index (χ0) is 14.7.